The molecular weight excluding hydrogens is 264 g/mol. The molecular formula is C9H12N2O6S. The number of hydrogen-bond donors (Lipinski definition) is 2. The number of rotatable bonds is 2. The van der Waals surface area contributed by atoms with Gasteiger partial charge in [0.15, 0.2) is 9.84 Å². The molecule has 2 saturated heterocycles. The molecule has 100 valence electrons. The highest BCUT2D eigenvalue weighted by molar-refractivity contribution is 7.91. The van der Waals surface area contributed by atoms with Gasteiger partial charge in [0, 0.05) is 0 Å². The van der Waals surface area contributed by atoms with Crippen LogP contribution in [-0.2, 0) is 19.4 Å². The molecule has 0 aromatic rings. The Morgan fingerprint density at radius 3 is 2.39 bits per heavy atom. The smallest absolute Gasteiger partial charge is 0.325 e. The van der Waals surface area contributed by atoms with Gasteiger partial charge in [-0.2, -0.15) is 0 Å². The highest BCUT2D eigenvalue weighted by atomic mass is 32.2. The van der Waals surface area contributed by atoms with E-state index in [2.05, 4.69) is 5.32 Å². The molecule has 0 aromatic carbocycles. The Labute approximate surface area is 103 Å². The Hall–Kier alpha value is -1.64. The number of sulfone groups is 1. The molecule has 0 unspecified atom stereocenters. The summed E-state index contributed by atoms with van der Waals surface area (Å²) in [6.45, 7) is -0.709. The zero-order valence-corrected chi connectivity index (χ0v) is 10.2. The molecule has 0 atom stereocenters. The van der Waals surface area contributed by atoms with Gasteiger partial charge in [-0.1, -0.05) is 0 Å². The molecule has 2 fully saturated rings. The zero-order valence-electron chi connectivity index (χ0n) is 9.38. The van der Waals surface area contributed by atoms with Crippen LogP contribution >= 0.6 is 0 Å². The van der Waals surface area contributed by atoms with Gasteiger partial charge < -0.3 is 10.4 Å². The Kier molecular flexibility index (Phi) is 2.80. The van der Waals surface area contributed by atoms with Crippen LogP contribution in [0.3, 0.4) is 0 Å². The second kappa shape index (κ2) is 3.94. The molecule has 0 aromatic heterocycles. The zero-order chi connectivity index (χ0) is 13.6. The summed E-state index contributed by atoms with van der Waals surface area (Å²) >= 11 is 0. The quantitative estimate of drug-likeness (QED) is 0.596. The number of carbonyl (C=O) groups excluding carboxylic acids is 2. The van der Waals surface area contributed by atoms with E-state index in [1.54, 1.807) is 0 Å². The van der Waals surface area contributed by atoms with Gasteiger partial charge in [-0.15, -0.1) is 0 Å². The number of amides is 3. The van der Waals surface area contributed by atoms with Crippen LogP contribution in [0.25, 0.3) is 0 Å². The number of carboxylic acids is 1. The van der Waals surface area contributed by atoms with E-state index in [4.69, 9.17) is 5.11 Å². The number of urea groups is 1. The number of aliphatic carboxylic acids is 1. The fourth-order valence-electron chi connectivity index (χ4n) is 2.18. The maximum atomic E-state index is 12.0. The highest BCUT2D eigenvalue weighted by Gasteiger charge is 2.53. The van der Waals surface area contributed by atoms with Crippen molar-refractivity contribution in [3.63, 3.8) is 0 Å². The first-order valence-electron chi connectivity index (χ1n) is 5.32. The Bertz CT molecular complexity index is 511. The van der Waals surface area contributed by atoms with Crippen LogP contribution in [0.2, 0.25) is 0 Å². The SMILES string of the molecule is O=C(O)CN1C(=O)NC2(CCS(=O)(=O)CC2)C1=O. The van der Waals surface area contributed by atoms with Crippen LogP contribution in [0.15, 0.2) is 0 Å². The maximum Gasteiger partial charge on any atom is 0.325 e. The average molecular weight is 276 g/mol. The first-order chi connectivity index (χ1) is 8.26. The highest BCUT2D eigenvalue weighted by Crippen LogP contribution is 2.30. The Morgan fingerprint density at radius 2 is 1.89 bits per heavy atom. The van der Waals surface area contributed by atoms with Crippen molar-refractivity contribution in [1.29, 1.82) is 0 Å². The third-order valence-corrected chi connectivity index (χ3v) is 4.87. The van der Waals surface area contributed by atoms with Crippen LogP contribution in [0, 0.1) is 0 Å². The van der Waals surface area contributed by atoms with E-state index in [9.17, 15) is 22.8 Å². The lowest BCUT2D eigenvalue weighted by Gasteiger charge is -2.30. The van der Waals surface area contributed by atoms with E-state index in [0.29, 0.717) is 4.90 Å². The minimum atomic E-state index is -3.17. The third kappa shape index (κ3) is 2.05. The maximum absolute atomic E-state index is 12.0. The van der Waals surface area contributed by atoms with Gasteiger partial charge in [0.05, 0.1) is 11.5 Å². The van der Waals surface area contributed by atoms with Crippen molar-refractivity contribution in [2.75, 3.05) is 18.1 Å². The molecule has 0 saturated carbocycles. The van der Waals surface area contributed by atoms with Crippen molar-refractivity contribution in [2.45, 2.75) is 18.4 Å². The molecule has 8 nitrogen and oxygen atoms in total. The first kappa shape index (κ1) is 12.8. The van der Waals surface area contributed by atoms with Crippen molar-refractivity contribution in [3.05, 3.63) is 0 Å². The number of hydrogen-bond acceptors (Lipinski definition) is 5. The van der Waals surface area contributed by atoms with E-state index < -0.39 is 39.8 Å². The monoisotopic (exact) mass is 276 g/mol. The van der Waals surface area contributed by atoms with Crippen LogP contribution in [0.1, 0.15) is 12.8 Å². The minimum absolute atomic E-state index is 0.00394. The van der Waals surface area contributed by atoms with Crippen LogP contribution in [0.4, 0.5) is 4.79 Å². The van der Waals surface area contributed by atoms with Crippen molar-refractivity contribution >= 4 is 27.7 Å². The van der Waals surface area contributed by atoms with Crippen molar-refractivity contribution < 1.29 is 27.9 Å². The third-order valence-electron chi connectivity index (χ3n) is 3.22. The van der Waals surface area contributed by atoms with Gasteiger partial charge in [-0.3, -0.25) is 14.5 Å². The van der Waals surface area contributed by atoms with Crippen molar-refractivity contribution in [3.8, 4) is 0 Å². The Morgan fingerprint density at radius 1 is 1.33 bits per heavy atom. The van der Waals surface area contributed by atoms with Crippen molar-refractivity contribution in [1.82, 2.24) is 10.2 Å². The van der Waals surface area contributed by atoms with E-state index >= 15 is 0 Å². The molecule has 2 heterocycles. The lowest BCUT2D eigenvalue weighted by molar-refractivity contribution is -0.142. The number of carboxylic acid groups (broad SMARTS) is 1. The lowest BCUT2D eigenvalue weighted by Crippen LogP contribution is -2.52. The van der Waals surface area contributed by atoms with E-state index in [0.717, 1.165) is 0 Å². The lowest BCUT2D eigenvalue weighted by atomic mass is 9.92. The fourth-order valence-corrected chi connectivity index (χ4v) is 3.70. The fraction of sp³-hybridized carbons (Fsp3) is 0.667. The molecule has 1 spiro atoms. The van der Waals surface area contributed by atoms with E-state index in [-0.39, 0.29) is 24.3 Å². The molecule has 9 heteroatoms. The number of nitrogens with zero attached hydrogens (tertiary/aromatic N) is 1. The largest absolute Gasteiger partial charge is 0.480 e. The molecule has 18 heavy (non-hydrogen) atoms. The summed E-state index contributed by atoms with van der Waals surface area (Å²) in [5, 5.41) is 11.0. The van der Waals surface area contributed by atoms with Gasteiger partial charge in [0.2, 0.25) is 0 Å². The summed E-state index contributed by atoms with van der Waals surface area (Å²) in [6, 6.07) is -0.776. The molecule has 2 N–H and O–H groups in total. The predicted octanol–water partition coefficient (Wildman–Crippen LogP) is -1.43. The average Bonchev–Trinajstić information content (AvgIpc) is 2.48. The minimum Gasteiger partial charge on any atom is -0.480 e. The van der Waals surface area contributed by atoms with Gasteiger partial charge in [0.1, 0.15) is 12.1 Å². The number of carbonyl (C=O) groups is 3. The molecule has 0 aliphatic carbocycles. The van der Waals surface area contributed by atoms with Gasteiger partial charge in [-0.25, -0.2) is 13.2 Å². The molecule has 3 amide bonds. The first-order valence-corrected chi connectivity index (χ1v) is 7.14. The molecule has 0 radical (unpaired) electrons. The summed E-state index contributed by atoms with van der Waals surface area (Å²) in [5.74, 6) is -2.30. The second-order valence-corrected chi connectivity index (χ2v) is 6.75. The summed E-state index contributed by atoms with van der Waals surface area (Å²) in [4.78, 5) is 34.7. The topological polar surface area (TPSA) is 121 Å². The summed E-state index contributed by atoms with van der Waals surface area (Å²) in [7, 11) is -3.17. The summed E-state index contributed by atoms with van der Waals surface area (Å²) in [5.41, 5.74) is -1.24. The standard InChI is InChI=1S/C9H12N2O6S/c12-6(13)5-11-7(14)9(10-8(11)15)1-3-18(16,17)4-2-9/h1-5H2,(H,10,15)(H,12,13). The molecule has 2 aliphatic heterocycles. The van der Waals surface area contributed by atoms with Gasteiger partial charge >= 0.3 is 12.0 Å². The van der Waals surface area contributed by atoms with Crippen molar-refractivity contribution in [2.24, 2.45) is 0 Å². The van der Waals surface area contributed by atoms with Crippen LogP contribution in [0.5, 0.6) is 0 Å². The van der Waals surface area contributed by atoms with E-state index in [1.165, 1.54) is 0 Å². The number of imide groups is 1. The van der Waals surface area contributed by atoms with E-state index in [1.807, 2.05) is 0 Å². The summed E-state index contributed by atoms with van der Waals surface area (Å²) in [6.07, 6.45) is -0.00789. The molecule has 2 rings (SSSR count). The second-order valence-electron chi connectivity index (χ2n) is 4.45. The van der Waals surface area contributed by atoms with Crippen LogP contribution in [-0.4, -0.2) is 59.9 Å². The predicted molar refractivity (Wildman–Crippen MR) is 58.5 cm³/mol. The molecule has 0 bridgehead atoms. The molecule has 2 aliphatic rings. The van der Waals surface area contributed by atoms with Gasteiger partial charge in [0.25, 0.3) is 5.91 Å². The number of nitrogens with one attached hydrogen (secondary N) is 1. The van der Waals surface area contributed by atoms with Gasteiger partial charge in [-0.05, 0) is 12.8 Å². The Balaban J connectivity index is 2.20. The normalized spacial score (nSPS) is 25.2. The summed E-state index contributed by atoms with van der Waals surface area (Å²) < 4.78 is 22.6. The van der Waals surface area contributed by atoms with Crippen LogP contribution < -0.4 is 5.32 Å².